The molecule has 4 N–H and O–H groups in total. The Balaban J connectivity index is -0.000000124. The van der Waals surface area contributed by atoms with Crippen LogP contribution in [0.4, 0.5) is 19.2 Å². The van der Waals surface area contributed by atoms with Crippen LogP contribution in [0.5, 0.6) is 0 Å². The van der Waals surface area contributed by atoms with Gasteiger partial charge in [-0.2, -0.15) is 5.26 Å². The number of aliphatic hydroxyl groups is 2. The molecule has 0 atom stereocenters. The predicted molar refractivity (Wildman–Crippen MR) is 257 cm³/mol. The van der Waals surface area contributed by atoms with Gasteiger partial charge in [0.2, 0.25) is 0 Å². The van der Waals surface area contributed by atoms with Gasteiger partial charge < -0.3 is 60.8 Å². The Morgan fingerprint density at radius 2 is 0.824 bits per heavy atom. The van der Waals surface area contributed by atoms with Gasteiger partial charge in [-0.15, -0.1) is 0 Å². The maximum Gasteiger partial charge on any atom is 1.00 e. The molecule has 0 bridgehead atoms. The summed E-state index contributed by atoms with van der Waals surface area (Å²) in [7, 11) is 1.00. The molecule has 4 aliphatic heterocycles. The first-order valence-corrected chi connectivity index (χ1v) is 19.3. The first kappa shape index (κ1) is 51.2. The van der Waals surface area contributed by atoms with E-state index < -0.39 is 154 Å². The Morgan fingerprint density at radius 3 is 1.06 bits per heavy atom. The Kier molecular flexibility index (Phi) is 30.0. The normalized spacial score (nSPS) is 25.6. The molecule has 22 heteroatoms. The van der Waals surface area contributed by atoms with Crippen LogP contribution in [-0.2, 0) is 28.5 Å². The number of carboxylic acids is 1. The molecule has 4 amide bonds. The van der Waals surface area contributed by atoms with Gasteiger partial charge in [-0.05, 0) is 122 Å². The average molecular weight is 1030 g/mol. The zero-order valence-electron chi connectivity index (χ0n) is 57.6. The van der Waals surface area contributed by atoms with E-state index in [9.17, 15) is 33.9 Å². The molecule has 4 aliphatic rings. The number of ether oxygens (including phenoxy) is 4. The fraction of sp³-hybridized carbons (Fsp3) is 0.848. The molecule has 0 aromatic heterocycles. The molecule has 19 nitrogen and oxygen atoms in total. The monoisotopic (exact) mass is 1030 g/mol. The van der Waals surface area contributed by atoms with Crippen LogP contribution >= 0.6 is 0 Å². The zero-order valence-corrected chi connectivity index (χ0v) is 45.7. The maximum absolute atomic E-state index is 12.0. The van der Waals surface area contributed by atoms with Crippen molar-refractivity contribution in [1.29, 1.82) is 5.26 Å². The number of Topliss-reactive ketones (excluding diaryl/α,β-unsaturated/α-hetero) is 1. The summed E-state index contributed by atoms with van der Waals surface area (Å²) in [4.78, 5) is 71.7. The van der Waals surface area contributed by atoms with Gasteiger partial charge in [0.05, 0.1) is 18.1 Å². The number of amides is 4. The molecule has 4 rings (SSSR count). The van der Waals surface area contributed by atoms with Crippen LogP contribution < -0.4 is 80.9 Å². The van der Waals surface area contributed by atoms with Crippen molar-refractivity contribution in [2.24, 2.45) is 11.8 Å². The molecule has 0 aromatic carbocycles. The van der Waals surface area contributed by atoms with Gasteiger partial charge in [0.25, 0.3) is 0 Å². The van der Waals surface area contributed by atoms with Crippen LogP contribution in [0.1, 0.15) is 180 Å². The van der Waals surface area contributed by atoms with Crippen molar-refractivity contribution in [3.8, 4) is 6.07 Å². The standard InChI is InChI=1S/C11H18N2O2.C11H19NO4.C10H19NO3.C10H17NO3.CH4O.3CH4.B.K.Na.H2O.H/c1-11(2,3)15-10(14)13-6-4-9(8-12)5-7-13;1-11(2,3)16-10(15)12-6-4-8(5-7-12)9(13)14;2*1-10(2,3)14-9(13)11-6-4-8(12)5-7-11;1-2;;;;;;;;/h9H,4-7H2,1-3H3;8H,4-7H2,1-3H3,(H,13,14);8,12H,4-7H2,1-3H3;4-7H2,1-3H3;2H,1H3;3*1H4;;;;1H2;/q;;;;;;;;;2*+1;;-1/p-1/i4*6D2,7D2;;;;;;;;;. The van der Waals surface area contributed by atoms with Gasteiger partial charge in [-0.25, -0.2) is 19.2 Å². The van der Waals surface area contributed by atoms with Crippen LogP contribution in [0.15, 0.2) is 0 Å². The minimum atomic E-state index is -2.42. The van der Waals surface area contributed by atoms with E-state index >= 15 is 0 Å². The number of piperidine rings is 4. The molecule has 389 valence electrons. The van der Waals surface area contributed by atoms with Crippen molar-refractivity contribution in [3.05, 3.63) is 0 Å². The van der Waals surface area contributed by atoms with Crippen LogP contribution in [0.2, 0.25) is 0 Å². The number of rotatable bonds is 1. The number of nitriles is 1. The number of hydrogen-bond donors (Lipinski definition) is 3. The summed E-state index contributed by atoms with van der Waals surface area (Å²) in [5.41, 5.74) is -3.42. The molecule has 4 fully saturated rings. The van der Waals surface area contributed by atoms with E-state index in [2.05, 4.69) is 0 Å². The molecule has 0 unspecified atom stereocenters. The second-order valence-corrected chi connectivity index (χ2v) is 17.2. The summed E-state index contributed by atoms with van der Waals surface area (Å²) >= 11 is 0. The average Bonchev–Trinajstić information content (AvgIpc) is 3.08. The van der Waals surface area contributed by atoms with E-state index in [0.29, 0.717) is 19.6 Å². The van der Waals surface area contributed by atoms with E-state index in [1.807, 2.05) is 6.07 Å². The van der Waals surface area contributed by atoms with Crippen LogP contribution in [0.3, 0.4) is 0 Å². The second-order valence-electron chi connectivity index (χ2n) is 17.2. The summed E-state index contributed by atoms with van der Waals surface area (Å²) in [5, 5.41) is 34.2. The van der Waals surface area contributed by atoms with Gasteiger partial charge in [0.15, 0.2) is 0 Å². The minimum absolute atomic E-state index is 0. The number of carboxylic acid groups (broad SMARTS) is 1. The third-order valence-electron chi connectivity index (χ3n) is 6.66. The fourth-order valence-electron chi connectivity index (χ4n) is 4.05. The quantitative estimate of drug-likeness (QED) is 0.250. The summed E-state index contributed by atoms with van der Waals surface area (Å²) in [6.45, 7) is 0.652. The first-order chi connectivity index (χ1) is 33.9. The summed E-state index contributed by atoms with van der Waals surface area (Å²) in [5.74, 6) is -3.77. The number of likely N-dealkylation sites (tertiary alicyclic amines) is 4. The fourth-order valence-corrected chi connectivity index (χ4v) is 4.05. The summed E-state index contributed by atoms with van der Waals surface area (Å²) < 4.78 is 144. The number of carbonyl (C=O) groups excluding carboxylic acids is 5. The van der Waals surface area contributed by atoms with Gasteiger partial charge in [-0.3, -0.25) is 9.59 Å². The van der Waals surface area contributed by atoms with E-state index in [-0.39, 0.29) is 144 Å². The molecular formula is C46H91BKN5NaO14. The summed E-state index contributed by atoms with van der Waals surface area (Å²) in [6, 6.07) is 1.86. The largest absolute Gasteiger partial charge is 1.00 e. The number of ketones is 1. The van der Waals surface area contributed by atoms with Crippen molar-refractivity contribution < 1.29 is 173 Å². The van der Waals surface area contributed by atoms with Gasteiger partial charge in [0.1, 0.15) is 28.2 Å². The van der Waals surface area contributed by atoms with Crippen molar-refractivity contribution in [3.63, 3.8) is 0 Å². The van der Waals surface area contributed by atoms with Crippen LogP contribution in [0.25, 0.3) is 0 Å². The Hall–Kier alpha value is -1.71. The van der Waals surface area contributed by atoms with Gasteiger partial charge in [-0.1, -0.05) is 22.3 Å². The minimum Gasteiger partial charge on any atom is -1.00 e. The molecule has 68 heavy (non-hydrogen) atoms. The third-order valence-corrected chi connectivity index (χ3v) is 6.66. The van der Waals surface area contributed by atoms with E-state index in [4.69, 9.17) is 56.4 Å². The predicted octanol–water partition coefficient (Wildman–Crippen LogP) is 1.92. The molecule has 0 saturated carbocycles. The van der Waals surface area contributed by atoms with E-state index in [1.165, 1.54) is 0 Å². The SMILES string of the molecule is C.C.C.CO.[2H]C1([2H])CC(=O)CC([2H])([2H])N1C(=O)OC(C)(C)C.[2H]C1([2H])CC(C#N)CC([2H])([2H])N1C(=O)OC(C)(C)C.[2H]C1([2H])CC(C(=O)O)CC([2H])([2H])N1C(=O)OC(C)(C)C.[2H]C1([2H])CC(O)CC([2H])([2H])N1C(=O)OC(C)(C)C.[B].[H-].[K+].[Na+].[OH-]. The van der Waals surface area contributed by atoms with E-state index in [0.717, 1.165) is 7.11 Å². The molecule has 3 radical (unpaired) electrons. The Bertz CT molecular complexity index is 2100. The maximum atomic E-state index is 12.0. The number of nitrogens with zero attached hydrogens (tertiary/aromatic N) is 5. The van der Waals surface area contributed by atoms with Crippen LogP contribution in [0, 0.1) is 23.2 Å². The first-order valence-electron chi connectivity index (χ1n) is 27.3. The van der Waals surface area contributed by atoms with Gasteiger partial charge >= 0.3 is 111 Å². The Morgan fingerprint density at radius 1 is 0.588 bits per heavy atom. The molecule has 4 saturated heterocycles. The second kappa shape index (κ2) is 39.9. The number of aliphatic hydroxyl groups excluding tert-OH is 2. The zero-order chi connectivity index (χ0) is 61.7. The topological polar surface area (TPSA) is 267 Å². The number of aliphatic carboxylic acids is 1. The third kappa shape index (κ3) is 39.9. The summed E-state index contributed by atoms with van der Waals surface area (Å²) in [6.07, 6.45) is -8.51. The Labute approximate surface area is 501 Å². The van der Waals surface area contributed by atoms with Crippen molar-refractivity contribution in [2.75, 3.05) is 59.1 Å². The molecule has 0 aliphatic carbocycles. The number of carbonyl (C=O) groups is 6. The molecule has 0 aromatic rings. The number of hydrogen-bond acceptors (Lipinski definition) is 14. The van der Waals surface area contributed by atoms with Crippen molar-refractivity contribution in [2.45, 2.75) is 185 Å². The smallest absolute Gasteiger partial charge is 1.00 e. The molecule has 0 spiro atoms. The molecular weight excluding hydrogens is 919 g/mol. The van der Waals surface area contributed by atoms with Crippen molar-refractivity contribution in [1.82, 2.24) is 19.6 Å². The van der Waals surface area contributed by atoms with Gasteiger partial charge in [0, 0.05) is 108 Å². The molecule has 4 heterocycles. The van der Waals surface area contributed by atoms with E-state index in [1.54, 1.807) is 83.1 Å². The van der Waals surface area contributed by atoms with Crippen molar-refractivity contribution >= 4 is 44.5 Å². The van der Waals surface area contributed by atoms with Crippen LogP contribution in [-0.4, -0.2) is 173 Å².